The third-order valence-electron chi connectivity index (χ3n) is 3.73. The molecule has 0 bridgehead atoms. The van der Waals surface area contributed by atoms with Gasteiger partial charge in [-0.1, -0.05) is 0 Å². The number of carboxylic acids is 1. The molecular formula is C13H16N4O2. The SMILES string of the molecule is Cc1cc2c(NC(C)(C(=O)O)C3CC3)nccn2n1. The first-order chi connectivity index (χ1) is 9.00. The van der Waals surface area contributed by atoms with E-state index >= 15 is 0 Å². The van der Waals surface area contributed by atoms with Crippen LogP contribution in [0.25, 0.3) is 5.52 Å². The van der Waals surface area contributed by atoms with Crippen LogP contribution >= 0.6 is 0 Å². The van der Waals surface area contributed by atoms with Crippen LogP contribution in [0.5, 0.6) is 0 Å². The zero-order valence-electron chi connectivity index (χ0n) is 10.9. The largest absolute Gasteiger partial charge is 0.480 e. The number of fused-ring (bicyclic) bond motifs is 1. The van der Waals surface area contributed by atoms with Crippen LogP contribution in [0.15, 0.2) is 18.5 Å². The Bertz CT molecular complexity index is 647. The molecule has 100 valence electrons. The first kappa shape index (κ1) is 12.0. The number of hydrogen-bond donors (Lipinski definition) is 2. The molecule has 1 aliphatic rings. The highest BCUT2D eigenvalue weighted by Crippen LogP contribution is 2.41. The van der Waals surface area contributed by atoms with Gasteiger partial charge < -0.3 is 10.4 Å². The summed E-state index contributed by atoms with van der Waals surface area (Å²) in [6.07, 6.45) is 5.26. The first-order valence-corrected chi connectivity index (χ1v) is 6.33. The van der Waals surface area contributed by atoms with Crippen LogP contribution in [0.1, 0.15) is 25.5 Å². The maximum Gasteiger partial charge on any atom is 0.329 e. The molecule has 2 aromatic heterocycles. The molecule has 1 unspecified atom stereocenters. The summed E-state index contributed by atoms with van der Waals surface area (Å²) in [6.45, 7) is 3.62. The van der Waals surface area contributed by atoms with Gasteiger partial charge in [0.1, 0.15) is 11.1 Å². The second kappa shape index (κ2) is 3.94. The van der Waals surface area contributed by atoms with E-state index in [-0.39, 0.29) is 5.92 Å². The molecule has 0 aromatic carbocycles. The average Bonchev–Trinajstić information content (AvgIpc) is 3.12. The van der Waals surface area contributed by atoms with Crippen LogP contribution in [0, 0.1) is 12.8 Å². The third-order valence-corrected chi connectivity index (χ3v) is 3.73. The van der Waals surface area contributed by atoms with E-state index in [0.29, 0.717) is 5.82 Å². The Hall–Kier alpha value is -2.11. The van der Waals surface area contributed by atoms with Gasteiger partial charge in [0, 0.05) is 12.4 Å². The standard InChI is InChI=1S/C13H16N4O2/c1-8-7-10-11(14-5-6-17(10)16-8)15-13(2,12(18)19)9-3-4-9/h5-7,9H,3-4H2,1-2H3,(H,14,15)(H,18,19). The molecule has 2 N–H and O–H groups in total. The average molecular weight is 260 g/mol. The van der Waals surface area contributed by atoms with Crippen molar-refractivity contribution in [1.29, 1.82) is 0 Å². The zero-order chi connectivity index (χ0) is 13.6. The monoisotopic (exact) mass is 260 g/mol. The van der Waals surface area contributed by atoms with Crippen molar-refractivity contribution in [3.05, 3.63) is 24.2 Å². The molecule has 2 heterocycles. The lowest BCUT2D eigenvalue weighted by Gasteiger charge is -2.26. The maximum absolute atomic E-state index is 11.5. The van der Waals surface area contributed by atoms with Gasteiger partial charge in [-0.25, -0.2) is 14.3 Å². The number of hydrogen-bond acceptors (Lipinski definition) is 4. The maximum atomic E-state index is 11.5. The van der Waals surface area contributed by atoms with Crippen molar-refractivity contribution in [1.82, 2.24) is 14.6 Å². The van der Waals surface area contributed by atoms with Crippen molar-refractivity contribution >= 4 is 17.3 Å². The molecule has 6 heteroatoms. The van der Waals surface area contributed by atoms with Crippen molar-refractivity contribution in [3.8, 4) is 0 Å². The van der Waals surface area contributed by atoms with Gasteiger partial charge in [0.25, 0.3) is 0 Å². The number of aliphatic carboxylic acids is 1. The third kappa shape index (κ3) is 1.93. The highest BCUT2D eigenvalue weighted by Gasteiger charge is 2.48. The summed E-state index contributed by atoms with van der Waals surface area (Å²) >= 11 is 0. The van der Waals surface area contributed by atoms with Gasteiger partial charge in [-0.15, -0.1) is 0 Å². The van der Waals surface area contributed by atoms with Crippen molar-refractivity contribution < 1.29 is 9.90 Å². The molecule has 0 amide bonds. The Morgan fingerprint density at radius 2 is 2.32 bits per heavy atom. The molecule has 1 atom stereocenters. The minimum Gasteiger partial charge on any atom is -0.480 e. The first-order valence-electron chi connectivity index (χ1n) is 6.33. The zero-order valence-corrected chi connectivity index (χ0v) is 10.9. The molecule has 1 fully saturated rings. The van der Waals surface area contributed by atoms with E-state index < -0.39 is 11.5 Å². The van der Waals surface area contributed by atoms with Crippen molar-refractivity contribution in [2.24, 2.45) is 5.92 Å². The van der Waals surface area contributed by atoms with Crippen LogP contribution in [0.4, 0.5) is 5.82 Å². The van der Waals surface area contributed by atoms with Gasteiger partial charge in [-0.3, -0.25) is 0 Å². The highest BCUT2D eigenvalue weighted by molar-refractivity contribution is 5.85. The van der Waals surface area contributed by atoms with Crippen LogP contribution in [-0.4, -0.2) is 31.2 Å². The fourth-order valence-corrected chi connectivity index (χ4v) is 2.38. The number of rotatable bonds is 4. The van der Waals surface area contributed by atoms with E-state index in [9.17, 15) is 9.90 Å². The van der Waals surface area contributed by atoms with E-state index in [2.05, 4.69) is 15.4 Å². The molecule has 0 aliphatic heterocycles. The van der Waals surface area contributed by atoms with Crippen LogP contribution in [0.3, 0.4) is 0 Å². The number of aromatic nitrogens is 3. The fourth-order valence-electron chi connectivity index (χ4n) is 2.38. The predicted molar refractivity (Wildman–Crippen MR) is 70.1 cm³/mol. The van der Waals surface area contributed by atoms with E-state index in [1.807, 2.05) is 13.0 Å². The topological polar surface area (TPSA) is 79.5 Å². The van der Waals surface area contributed by atoms with Crippen LogP contribution < -0.4 is 5.32 Å². The van der Waals surface area contributed by atoms with Gasteiger partial charge in [-0.2, -0.15) is 5.10 Å². The molecule has 19 heavy (non-hydrogen) atoms. The second-order valence-corrected chi connectivity index (χ2v) is 5.30. The van der Waals surface area contributed by atoms with Gasteiger partial charge >= 0.3 is 5.97 Å². The summed E-state index contributed by atoms with van der Waals surface area (Å²) in [7, 11) is 0. The Kier molecular flexibility index (Phi) is 2.48. The summed E-state index contributed by atoms with van der Waals surface area (Å²) in [5.41, 5.74) is 0.708. The normalized spacial score (nSPS) is 18.2. The summed E-state index contributed by atoms with van der Waals surface area (Å²) in [6, 6.07) is 1.89. The second-order valence-electron chi connectivity index (χ2n) is 5.30. The molecule has 1 saturated carbocycles. The molecule has 0 radical (unpaired) electrons. The lowest BCUT2D eigenvalue weighted by Crippen LogP contribution is -2.45. The number of anilines is 1. The highest BCUT2D eigenvalue weighted by atomic mass is 16.4. The fraction of sp³-hybridized carbons (Fsp3) is 0.462. The van der Waals surface area contributed by atoms with Gasteiger partial charge in [-0.05, 0) is 38.7 Å². The predicted octanol–water partition coefficient (Wildman–Crippen LogP) is 1.70. The Morgan fingerprint density at radius 3 is 2.95 bits per heavy atom. The molecule has 6 nitrogen and oxygen atoms in total. The number of carbonyl (C=O) groups is 1. The Balaban J connectivity index is 2.02. The van der Waals surface area contributed by atoms with Gasteiger partial charge in [0.05, 0.1) is 5.69 Å². The van der Waals surface area contributed by atoms with Crippen LogP contribution in [0.2, 0.25) is 0 Å². The molecular weight excluding hydrogens is 244 g/mol. The number of carboxylic acid groups (broad SMARTS) is 1. The van der Waals surface area contributed by atoms with E-state index in [1.165, 1.54) is 0 Å². The number of nitrogens with zero attached hydrogens (tertiary/aromatic N) is 3. The number of aryl methyl sites for hydroxylation is 1. The summed E-state index contributed by atoms with van der Waals surface area (Å²) in [4.78, 5) is 15.8. The Labute approximate surface area is 110 Å². The number of nitrogens with one attached hydrogen (secondary N) is 1. The lowest BCUT2D eigenvalue weighted by atomic mass is 9.96. The minimum atomic E-state index is -0.965. The van der Waals surface area contributed by atoms with Gasteiger partial charge in [0.15, 0.2) is 5.82 Å². The van der Waals surface area contributed by atoms with E-state index in [0.717, 1.165) is 24.1 Å². The van der Waals surface area contributed by atoms with Crippen molar-refractivity contribution in [2.75, 3.05) is 5.32 Å². The molecule has 1 aliphatic carbocycles. The van der Waals surface area contributed by atoms with Crippen molar-refractivity contribution in [3.63, 3.8) is 0 Å². The minimum absolute atomic E-state index is 0.163. The van der Waals surface area contributed by atoms with Crippen LogP contribution in [-0.2, 0) is 4.79 Å². The van der Waals surface area contributed by atoms with Crippen molar-refractivity contribution in [2.45, 2.75) is 32.2 Å². The van der Waals surface area contributed by atoms with E-state index in [1.54, 1.807) is 23.8 Å². The summed E-state index contributed by atoms with van der Waals surface area (Å²) in [5.74, 6) is -0.106. The molecule has 0 spiro atoms. The molecule has 3 rings (SSSR count). The lowest BCUT2D eigenvalue weighted by molar-refractivity contribution is -0.142. The van der Waals surface area contributed by atoms with Gasteiger partial charge in [0.2, 0.25) is 0 Å². The van der Waals surface area contributed by atoms with E-state index in [4.69, 9.17) is 0 Å². The Morgan fingerprint density at radius 1 is 1.58 bits per heavy atom. The quantitative estimate of drug-likeness (QED) is 0.874. The summed E-state index contributed by atoms with van der Waals surface area (Å²) < 4.78 is 1.71. The molecule has 0 saturated heterocycles. The molecule has 2 aromatic rings. The summed E-state index contributed by atoms with van der Waals surface area (Å²) in [5, 5.41) is 16.9. The smallest absolute Gasteiger partial charge is 0.329 e.